The molecule has 7 heteroatoms. The van der Waals surface area contributed by atoms with Gasteiger partial charge in [0, 0.05) is 29.5 Å². The molecule has 1 N–H and O–H groups in total. The molecule has 1 fully saturated rings. The van der Waals surface area contributed by atoms with Crippen LogP contribution < -0.4 is 10.1 Å². The summed E-state index contributed by atoms with van der Waals surface area (Å²) in [6, 6.07) is 13.4. The first-order valence-electron chi connectivity index (χ1n) is 9.08. The van der Waals surface area contributed by atoms with Crippen LogP contribution in [0.2, 0.25) is 0 Å². The molecule has 3 aromatic rings. The molecule has 1 aliphatic heterocycles. The van der Waals surface area contributed by atoms with Crippen LogP contribution in [0, 0.1) is 13.8 Å². The lowest BCUT2D eigenvalue weighted by molar-refractivity contribution is -0.115. The number of rotatable bonds is 4. The predicted octanol–water partition coefficient (Wildman–Crippen LogP) is 4.39. The quantitative estimate of drug-likeness (QED) is 0.655. The zero-order valence-electron chi connectivity index (χ0n) is 16.3. The van der Waals surface area contributed by atoms with Gasteiger partial charge in [-0.15, -0.1) is 0 Å². The molecule has 0 spiro atoms. The Bertz CT molecular complexity index is 1120. The van der Waals surface area contributed by atoms with Gasteiger partial charge in [-0.2, -0.15) is 0 Å². The van der Waals surface area contributed by atoms with E-state index in [1.165, 1.54) is 11.8 Å². The summed E-state index contributed by atoms with van der Waals surface area (Å²) in [5.74, 6) is 0.623. The predicted molar refractivity (Wildman–Crippen MR) is 117 cm³/mol. The Labute approximate surface area is 173 Å². The van der Waals surface area contributed by atoms with Crippen molar-refractivity contribution in [1.29, 1.82) is 0 Å². The fourth-order valence-corrected chi connectivity index (χ4v) is 4.05. The van der Waals surface area contributed by atoms with Gasteiger partial charge in [-0.25, -0.2) is 4.99 Å². The number of hydrogen-bond donors (Lipinski definition) is 1. The van der Waals surface area contributed by atoms with Crippen molar-refractivity contribution in [1.82, 2.24) is 14.9 Å². The first-order chi connectivity index (χ1) is 14.0. The van der Waals surface area contributed by atoms with E-state index in [-0.39, 0.29) is 5.91 Å². The smallest absolute Gasteiger partial charge is 0.264 e. The molecule has 0 aliphatic carbocycles. The molecule has 0 radical (unpaired) electrons. The third-order valence-corrected chi connectivity index (χ3v) is 5.54. The van der Waals surface area contributed by atoms with E-state index in [9.17, 15) is 4.79 Å². The van der Waals surface area contributed by atoms with E-state index in [0.717, 1.165) is 34.1 Å². The second kappa shape index (κ2) is 7.97. The molecule has 1 aromatic carbocycles. The van der Waals surface area contributed by atoms with Crippen molar-refractivity contribution in [2.45, 2.75) is 13.8 Å². The molecule has 1 aliphatic rings. The first-order valence-corrected chi connectivity index (χ1v) is 9.90. The van der Waals surface area contributed by atoms with E-state index in [1.807, 2.05) is 56.3 Å². The van der Waals surface area contributed by atoms with Crippen LogP contribution in [-0.2, 0) is 4.79 Å². The summed E-state index contributed by atoms with van der Waals surface area (Å²) in [7, 11) is 1.62. The zero-order chi connectivity index (χ0) is 20.4. The van der Waals surface area contributed by atoms with Crippen LogP contribution in [0.4, 0.5) is 5.69 Å². The van der Waals surface area contributed by atoms with E-state index < -0.39 is 0 Å². The fraction of sp³-hybridized carbons (Fsp3) is 0.136. The number of aromatic nitrogens is 2. The number of carbonyl (C=O) groups is 1. The molecular formula is C22H20N4O2S. The maximum Gasteiger partial charge on any atom is 0.264 e. The number of nitrogens with one attached hydrogen (secondary N) is 1. The molecule has 3 heterocycles. The summed E-state index contributed by atoms with van der Waals surface area (Å²) in [5.41, 5.74) is 4.96. The van der Waals surface area contributed by atoms with Crippen molar-refractivity contribution in [3.63, 3.8) is 0 Å². The topological polar surface area (TPSA) is 68.5 Å². The zero-order valence-corrected chi connectivity index (χ0v) is 17.2. The van der Waals surface area contributed by atoms with Gasteiger partial charge in [-0.3, -0.25) is 9.78 Å². The highest BCUT2D eigenvalue weighted by Crippen LogP contribution is 2.30. The van der Waals surface area contributed by atoms with Gasteiger partial charge in [0.15, 0.2) is 5.17 Å². The minimum atomic E-state index is -0.143. The number of carbonyl (C=O) groups excluding carboxylic acids is 1. The van der Waals surface area contributed by atoms with Crippen LogP contribution in [0.1, 0.15) is 17.0 Å². The lowest BCUT2D eigenvalue weighted by Crippen LogP contribution is -2.19. The molecule has 0 saturated carbocycles. The Balaban J connectivity index is 1.60. The van der Waals surface area contributed by atoms with E-state index in [2.05, 4.69) is 25.9 Å². The second-order valence-electron chi connectivity index (χ2n) is 6.55. The number of benzene rings is 1. The Hall–Kier alpha value is -3.32. The summed E-state index contributed by atoms with van der Waals surface area (Å²) in [6.07, 6.45) is 5.46. The third-order valence-electron chi connectivity index (χ3n) is 4.63. The van der Waals surface area contributed by atoms with Crippen LogP contribution in [0.5, 0.6) is 5.75 Å². The number of methoxy groups -OCH3 is 1. The van der Waals surface area contributed by atoms with Gasteiger partial charge < -0.3 is 14.6 Å². The summed E-state index contributed by atoms with van der Waals surface area (Å²) in [6.45, 7) is 4.09. The highest BCUT2D eigenvalue weighted by molar-refractivity contribution is 8.18. The summed E-state index contributed by atoms with van der Waals surface area (Å²) < 4.78 is 7.31. The molecule has 146 valence electrons. The fourth-order valence-electron chi connectivity index (χ4n) is 3.22. The maximum absolute atomic E-state index is 12.4. The van der Waals surface area contributed by atoms with Crippen molar-refractivity contribution < 1.29 is 9.53 Å². The normalized spacial score (nSPS) is 16.4. The van der Waals surface area contributed by atoms with Gasteiger partial charge in [-0.1, -0.05) is 0 Å². The molecule has 0 bridgehead atoms. The highest BCUT2D eigenvalue weighted by Gasteiger charge is 2.24. The SMILES string of the molecule is COc1ccc(N=C2NC(=O)/C(=C\c3cc(C)n(-c4ccncc4)c3C)S2)cc1. The number of aryl methyl sites for hydroxylation is 1. The highest BCUT2D eigenvalue weighted by atomic mass is 32.2. The minimum absolute atomic E-state index is 0.143. The number of amides is 1. The molecule has 2 aromatic heterocycles. The van der Waals surface area contributed by atoms with E-state index >= 15 is 0 Å². The lowest BCUT2D eigenvalue weighted by atomic mass is 10.2. The van der Waals surface area contributed by atoms with Crippen LogP contribution in [0.25, 0.3) is 11.8 Å². The van der Waals surface area contributed by atoms with Gasteiger partial charge in [0.1, 0.15) is 5.75 Å². The second-order valence-corrected chi connectivity index (χ2v) is 7.58. The number of thioether (sulfide) groups is 1. The van der Waals surface area contributed by atoms with Crippen LogP contribution >= 0.6 is 11.8 Å². The number of nitrogens with zero attached hydrogens (tertiary/aromatic N) is 3. The van der Waals surface area contributed by atoms with E-state index in [0.29, 0.717) is 10.1 Å². The Morgan fingerprint density at radius 1 is 1.14 bits per heavy atom. The van der Waals surface area contributed by atoms with Crippen molar-refractivity contribution in [2.24, 2.45) is 4.99 Å². The van der Waals surface area contributed by atoms with Gasteiger partial charge in [0.25, 0.3) is 5.91 Å². The Kier molecular flexibility index (Phi) is 5.22. The Morgan fingerprint density at radius 2 is 1.86 bits per heavy atom. The summed E-state index contributed by atoms with van der Waals surface area (Å²) >= 11 is 1.34. The van der Waals surface area contributed by atoms with E-state index in [4.69, 9.17) is 4.74 Å². The summed E-state index contributed by atoms with van der Waals surface area (Å²) in [4.78, 5) is 21.6. The average molecular weight is 404 g/mol. The third kappa shape index (κ3) is 3.95. The monoisotopic (exact) mass is 404 g/mol. The number of pyridine rings is 1. The molecule has 0 unspecified atom stereocenters. The van der Waals surface area contributed by atoms with Crippen molar-refractivity contribution in [3.8, 4) is 11.4 Å². The van der Waals surface area contributed by atoms with Crippen LogP contribution in [0.15, 0.2) is 64.8 Å². The number of aliphatic imine (C=N–C) groups is 1. The molecule has 29 heavy (non-hydrogen) atoms. The van der Waals surface area contributed by atoms with Gasteiger partial charge in [-0.05, 0) is 79.7 Å². The molecule has 6 nitrogen and oxygen atoms in total. The summed E-state index contributed by atoms with van der Waals surface area (Å²) in [5, 5.41) is 3.40. The van der Waals surface area contributed by atoms with Crippen LogP contribution in [-0.4, -0.2) is 27.7 Å². The number of amidine groups is 1. The van der Waals surface area contributed by atoms with Gasteiger partial charge in [0.05, 0.1) is 17.7 Å². The lowest BCUT2D eigenvalue weighted by Gasteiger charge is -2.08. The molecular weight excluding hydrogens is 384 g/mol. The maximum atomic E-state index is 12.4. The van der Waals surface area contributed by atoms with E-state index in [1.54, 1.807) is 19.5 Å². The molecule has 1 saturated heterocycles. The first kappa shape index (κ1) is 19.0. The molecule has 0 atom stereocenters. The molecule has 1 amide bonds. The Morgan fingerprint density at radius 3 is 2.55 bits per heavy atom. The van der Waals surface area contributed by atoms with Crippen molar-refractivity contribution >= 4 is 34.6 Å². The largest absolute Gasteiger partial charge is 0.497 e. The average Bonchev–Trinajstić information content (AvgIpc) is 3.21. The van der Waals surface area contributed by atoms with Gasteiger partial charge >= 0.3 is 0 Å². The minimum Gasteiger partial charge on any atom is -0.497 e. The number of hydrogen-bond acceptors (Lipinski definition) is 5. The number of ether oxygens (including phenoxy) is 1. The van der Waals surface area contributed by atoms with Crippen LogP contribution in [0.3, 0.4) is 0 Å². The standard InChI is InChI=1S/C22H20N4O2S/c1-14-12-16(15(2)26(14)18-8-10-23-11-9-18)13-20-21(27)25-22(29-20)24-17-4-6-19(28-3)7-5-17/h4-13H,1-3H3,(H,24,25,27)/b20-13+. The van der Waals surface area contributed by atoms with Gasteiger partial charge in [0.2, 0.25) is 0 Å². The van der Waals surface area contributed by atoms with Crippen molar-refractivity contribution in [3.05, 3.63) is 76.7 Å². The van der Waals surface area contributed by atoms with Crippen molar-refractivity contribution in [2.75, 3.05) is 7.11 Å². The molecule has 4 rings (SSSR count).